The maximum absolute atomic E-state index is 13.1. The summed E-state index contributed by atoms with van der Waals surface area (Å²) in [5.74, 6) is 5.27. The summed E-state index contributed by atoms with van der Waals surface area (Å²) in [6.45, 7) is 0. The summed E-state index contributed by atoms with van der Waals surface area (Å²) < 4.78 is 14.3. The number of hydrogen-bond donors (Lipinski definition) is 2. The number of thiazole rings is 1. The van der Waals surface area contributed by atoms with E-state index in [2.05, 4.69) is 10.4 Å². The van der Waals surface area contributed by atoms with Gasteiger partial charge in [-0.3, -0.25) is 11.3 Å². The van der Waals surface area contributed by atoms with E-state index < -0.39 is 0 Å². The van der Waals surface area contributed by atoms with Gasteiger partial charge in [0.1, 0.15) is 5.82 Å². The van der Waals surface area contributed by atoms with E-state index in [0.29, 0.717) is 11.4 Å². The SMILES string of the molecule is NNC(Cc1nc2ccccc2s1)c1ccc(F)cc1Cl. The van der Waals surface area contributed by atoms with Crippen molar-refractivity contribution in [3.63, 3.8) is 0 Å². The Kier molecular flexibility index (Phi) is 4.17. The number of benzene rings is 2. The number of hydrogen-bond acceptors (Lipinski definition) is 4. The van der Waals surface area contributed by atoms with Crippen LogP contribution in [0.25, 0.3) is 10.2 Å². The quantitative estimate of drug-likeness (QED) is 0.567. The summed E-state index contributed by atoms with van der Waals surface area (Å²) in [7, 11) is 0. The van der Waals surface area contributed by atoms with Crippen LogP contribution in [0, 0.1) is 5.82 Å². The van der Waals surface area contributed by atoms with Gasteiger partial charge >= 0.3 is 0 Å². The van der Waals surface area contributed by atoms with Crippen LogP contribution in [-0.2, 0) is 6.42 Å². The Morgan fingerprint density at radius 1 is 1.29 bits per heavy atom. The Morgan fingerprint density at radius 3 is 2.81 bits per heavy atom. The molecular weight excluding hydrogens is 309 g/mol. The second kappa shape index (κ2) is 6.07. The van der Waals surface area contributed by atoms with E-state index in [1.165, 1.54) is 12.1 Å². The fourth-order valence-electron chi connectivity index (χ4n) is 2.22. The van der Waals surface area contributed by atoms with Gasteiger partial charge in [0.2, 0.25) is 0 Å². The highest BCUT2D eigenvalue weighted by Gasteiger charge is 2.16. The molecule has 1 unspecified atom stereocenters. The number of nitrogens with one attached hydrogen (secondary N) is 1. The van der Waals surface area contributed by atoms with E-state index in [0.717, 1.165) is 20.8 Å². The Labute approximate surface area is 130 Å². The van der Waals surface area contributed by atoms with Gasteiger partial charge in [-0.1, -0.05) is 29.8 Å². The highest BCUT2D eigenvalue weighted by Crippen LogP contribution is 2.29. The van der Waals surface area contributed by atoms with Gasteiger partial charge in [-0.2, -0.15) is 0 Å². The molecule has 0 saturated heterocycles. The lowest BCUT2D eigenvalue weighted by atomic mass is 10.0. The number of fused-ring (bicyclic) bond motifs is 1. The number of rotatable bonds is 4. The fourth-order valence-corrected chi connectivity index (χ4v) is 3.54. The molecule has 0 fully saturated rings. The van der Waals surface area contributed by atoms with E-state index >= 15 is 0 Å². The molecule has 0 aliphatic heterocycles. The molecule has 1 heterocycles. The number of aromatic nitrogens is 1. The molecule has 3 nitrogen and oxygen atoms in total. The second-order valence-electron chi connectivity index (χ2n) is 4.66. The Bertz CT molecular complexity index is 741. The van der Waals surface area contributed by atoms with Crippen LogP contribution in [0.1, 0.15) is 16.6 Å². The first kappa shape index (κ1) is 14.4. The van der Waals surface area contributed by atoms with Crippen molar-refractivity contribution in [2.45, 2.75) is 12.5 Å². The number of halogens is 2. The molecule has 108 valence electrons. The third-order valence-corrected chi connectivity index (χ3v) is 4.64. The van der Waals surface area contributed by atoms with Crippen molar-refractivity contribution in [1.29, 1.82) is 0 Å². The van der Waals surface area contributed by atoms with Gasteiger partial charge in [0.15, 0.2) is 0 Å². The average molecular weight is 322 g/mol. The number of para-hydroxylation sites is 1. The molecule has 1 aromatic heterocycles. The van der Waals surface area contributed by atoms with Crippen LogP contribution < -0.4 is 11.3 Å². The third-order valence-electron chi connectivity index (χ3n) is 3.26. The van der Waals surface area contributed by atoms with Gasteiger partial charge in [-0.25, -0.2) is 9.37 Å². The first-order valence-corrected chi connectivity index (χ1v) is 7.62. The van der Waals surface area contributed by atoms with Crippen molar-refractivity contribution < 1.29 is 4.39 Å². The fraction of sp³-hybridized carbons (Fsp3) is 0.133. The molecule has 0 radical (unpaired) electrons. The van der Waals surface area contributed by atoms with Gasteiger partial charge in [0.25, 0.3) is 0 Å². The molecule has 2 aromatic carbocycles. The zero-order valence-electron chi connectivity index (χ0n) is 11.0. The first-order valence-electron chi connectivity index (χ1n) is 6.43. The van der Waals surface area contributed by atoms with Gasteiger partial charge in [-0.15, -0.1) is 11.3 Å². The summed E-state index contributed by atoms with van der Waals surface area (Å²) in [6, 6.07) is 12.1. The van der Waals surface area contributed by atoms with Crippen molar-refractivity contribution in [2.75, 3.05) is 0 Å². The van der Waals surface area contributed by atoms with Crippen molar-refractivity contribution >= 4 is 33.2 Å². The molecular formula is C15H13ClFN3S. The normalized spacial score (nSPS) is 12.7. The molecule has 21 heavy (non-hydrogen) atoms. The number of nitrogens with zero attached hydrogens (tertiary/aromatic N) is 1. The summed E-state index contributed by atoms with van der Waals surface area (Å²) in [4.78, 5) is 4.58. The Hall–Kier alpha value is -1.53. The van der Waals surface area contributed by atoms with E-state index in [1.807, 2.05) is 24.3 Å². The van der Waals surface area contributed by atoms with Crippen LogP contribution in [0.3, 0.4) is 0 Å². The molecule has 0 bridgehead atoms. The molecule has 6 heteroatoms. The van der Waals surface area contributed by atoms with Crippen LogP contribution >= 0.6 is 22.9 Å². The zero-order chi connectivity index (χ0) is 14.8. The lowest BCUT2D eigenvalue weighted by molar-refractivity contribution is 0.548. The standard InChI is InChI=1S/C15H13ClFN3S/c16-11-7-9(17)5-6-10(11)13(20-18)8-15-19-12-3-1-2-4-14(12)21-15/h1-7,13,20H,8,18H2. The van der Waals surface area contributed by atoms with Gasteiger partial charge in [0.05, 0.1) is 21.3 Å². The minimum absolute atomic E-state index is 0.210. The van der Waals surface area contributed by atoms with Crippen molar-refractivity contribution in [1.82, 2.24) is 10.4 Å². The lowest BCUT2D eigenvalue weighted by Gasteiger charge is -2.16. The highest BCUT2D eigenvalue weighted by atomic mass is 35.5. The topological polar surface area (TPSA) is 50.9 Å². The summed E-state index contributed by atoms with van der Waals surface area (Å²) >= 11 is 7.72. The van der Waals surface area contributed by atoms with Crippen molar-refractivity contribution in [3.05, 3.63) is 63.9 Å². The van der Waals surface area contributed by atoms with E-state index in [1.54, 1.807) is 17.4 Å². The molecule has 0 aliphatic rings. The van der Waals surface area contributed by atoms with Crippen LogP contribution in [0.15, 0.2) is 42.5 Å². The van der Waals surface area contributed by atoms with Crippen molar-refractivity contribution in [3.8, 4) is 0 Å². The summed E-state index contributed by atoms with van der Waals surface area (Å²) in [6.07, 6.45) is 0.598. The minimum atomic E-state index is -0.362. The van der Waals surface area contributed by atoms with Gasteiger partial charge in [0, 0.05) is 11.4 Å². The van der Waals surface area contributed by atoms with Crippen LogP contribution in [-0.4, -0.2) is 4.98 Å². The Balaban J connectivity index is 1.90. The van der Waals surface area contributed by atoms with Gasteiger partial charge in [-0.05, 0) is 29.8 Å². The number of hydrazine groups is 1. The van der Waals surface area contributed by atoms with E-state index in [-0.39, 0.29) is 11.9 Å². The monoisotopic (exact) mass is 321 g/mol. The molecule has 1 atom stereocenters. The lowest BCUT2D eigenvalue weighted by Crippen LogP contribution is -2.29. The van der Waals surface area contributed by atoms with Crippen LogP contribution in [0.2, 0.25) is 5.02 Å². The van der Waals surface area contributed by atoms with Crippen LogP contribution in [0.5, 0.6) is 0 Å². The summed E-state index contributed by atoms with van der Waals surface area (Å²) in [5, 5.41) is 1.32. The molecule has 0 saturated carbocycles. The second-order valence-corrected chi connectivity index (χ2v) is 6.19. The van der Waals surface area contributed by atoms with Crippen molar-refractivity contribution in [2.24, 2.45) is 5.84 Å². The minimum Gasteiger partial charge on any atom is -0.271 e. The number of nitrogens with two attached hydrogens (primary N) is 1. The maximum Gasteiger partial charge on any atom is 0.124 e. The van der Waals surface area contributed by atoms with E-state index in [4.69, 9.17) is 17.4 Å². The molecule has 3 N–H and O–H groups in total. The van der Waals surface area contributed by atoms with E-state index in [9.17, 15) is 4.39 Å². The molecule has 0 spiro atoms. The molecule has 0 aliphatic carbocycles. The Morgan fingerprint density at radius 2 is 2.10 bits per heavy atom. The molecule has 3 aromatic rings. The van der Waals surface area contributed by atoms with Crippen LogP contribution in [0.4, 0.5) is 4.39 Å². The smallest absolute Gasteiger partial charge is 0.124 e. The highest BCUT2D eigenvalue weighted by molar-refractivity contribution is 7.18. The largest absolute Gasteiger partial charge is 0.271 e. The summed E-state index contributed by atoms with van der Waals surface area (Å²) in [5.41, 5.74) is 4.47. The maximum atomic E-state index is 13.1. The molecule has 3 rings (SSSR count). The first-order chi connectivity index (χ1) is 10.2. The van der Waals surface area contributed by atoms with Gasteiger partial charge < -0.3 is 0 Å². The molecule has 0 amide bonds. The third kappa shape index (κ3) is 3.06. The predicted octanol–water partition coefficient (Wildman–Crippen LogP) is 3.84. The average Bonchev–Trinajstić information content (AvgIpc) is 2.87. The zero-order valence-corrected chi connectivity index (χ0v) is 12.6. The predicted molar refractivity (Wildman–Crippen MR) is 84.8 cm³/mol.